The molecule has 3 heterocycles. The lowest BCUT2D eigenvalue weighted by Gasteiger charge is -2.21. The molecule has 2 aromatic heterocycles. The molecular formula is C12H15N3O. The van der Waals surface area contributed by atoms with E-state index in [0.717, 1.165) is 24.4 Å². The van der Waals surface area contributed by atoms with Crippen molar-refractivity contribution < 1.29 is 0 Å². The predicted molar refractivity (Wildman–Crippen MR) is 62.9 cm³/mol. The molecule has 0 bridgehead atoms. The van der Waals surface area contributed by atoms with Crippen molar-refractivity contribution in [2.75, 3.05) is 13.1 Å². The van der Waals surface area contributed by atoms with Crippen molar-refractivity contribution in [3.63, 3.8) is 0 Å². The highest BCUT2D eigenvalue weighted by atomic mass is 16.1. The quantitative estimate of drug-likeness (QED) is 0.751. The second kappa shape index (κ2) is 3.79. The molecule has 16 heavy (non-hydrogen) atoms. The molecule has 0 radical (unpaired) electrons. The smallest absolute Gasteiger partial charge is 0.256 e. The number of piperidine rings is 1. The molecule has 0 aromatic carbocycles. The van der Waals surface area contributed by atoms with Crippen LogP contribution < -0.4 is 10.9 Å². The molecule has 0 saturated carbocycles. The van der Waals surface area contributed by atoms with Gasteiger partial charge < -0.3 is 10.3 Å². The van der Waals surface area contributed by atoms with Crippen molar-refractivity contribution in [1.82, 2.24) is 14.7 Å². The molecule has 1 saturated heterocycles. The number of hydrogen-bond acceptors (Lipinski definition) is 2. The van der Waals surface area contributed by atoms with Gasteiger partial charge in [0.05, 0.1) is 0 Å². The lowest BCUT2D eigenvalue weighted by atomic mass is 9.97. The van der Waals surface area contributed by atoms with Crippen LogP contribution in [0.25, 0.3) is 5.65 Å². The Morgan fingerprint density at radius 1 is 1.38 bits per heavy atom. The van der Waals surface area contributed by atoms with Crippen molar-refractivity contribution >= 4 is 5.65 Å². The summed E-state index contributed by atoms with van der Waals surface area (Å²) in [6.45, 7) is 2.11. The molecule has 4 nitrogen and oxygen atoms in total. The second-order valence-corrected chi connectivity index (χ2v) is 4.37. The largest absolute Gasteiger partial charge is 0.343 e. The van der Waals surface area contributed by atoms with Gasteiger partial charge in [0.15, 0.2) is 0 Å². The van der Waals surface area contributed by atoms with E-state index in [1.807, 2.05) is 12.3 Å². The van der Waals surface area contributed by atoms with Crippen LogP contribution in [0.15, 0.2) is 29.2 Å². The van der Waals surface area contributed by atoms with E-state index in [1.165, 1.54) is 12.8 Å². The standard InChI is InChI=1S/C12H15N3O/c16-12-5-1-4-11-14-10(8-15(11)12)9-3-2-6-13-7-9/h1,4-5,8-9,13-14H,2-3,6-7H2. The minimum Gasteiger partial charge on any atom is -0.343 e. The number of H-pyrrole nitrogens is 1. The Morgan fingerprint density at radius 3 is 3.06 bits per heavy atom. The van der Waals surface area contributed by atoms with E-state index in [4.69, 9.17) is 0 Å². The fourth-order valence-corrected chi connectivity index (χ4v) is 2.38. The SMILES string of the molecule is O=c1cccc2[nH]c(C3CCCNC3)cn12. The third-order valence-electron chi connectivity index (χ3n) is 3.27. The zero-order valence-corrected chi connectivity index (χ0v) is 9.07. The summed E-state index contributed by atoms with van der Waals surface area (Å²) in [7, 11) is 0. The number of aromatic amines is 1. The number of imidazole rings is 1. The van der Waals surface area contributed by atoms with Gasteiger partial charge in [-0.3, -0.25) is 9.20 Å². The van der Waals surface area contributed by atoms with E-state index in [2.05, 4.69) is 10.3 Å². The van der Waals surface area contributed by atoms with E-state index >= 15 is 0 Å². The van der Waals surface area contributed by atoms with Gasteiger partial charge in [-0.2, -0.15) is 0 Å². The molecule has 2 N–H and O–H groups in total. The van der Waals surface area contributed by atoms with Crippen LogP contribution in [0.4, 0.5) is 0 Å². The van der Waals surface area contributed by atoms with Crippen LogP contribution in [0.1, 0.15) is 24.5 Å². The molecule has 1 unspecified atom stereocenters. The first-order valence-corrected chi connectivity index (χ1v) is 5.75. The zero-order chi connectivity index (χ0) is 11.0. The average Bonchev–Trinajstić information content (AvgIpc) is 2.76. The minimum absolute atomic E-state index is 0.0313. The molecule has 1 fully saturated rings. The van der Waals surface area contributed by atoms with Crippen molar-refractivity contribution in [2.45, 2.75) is 18.8 Å². The maximum absolute atomic E-state index is 11.6. The average molecular weight is 217 g/mol. The number of aromatic nitrogens is 2. The lowest BCUT2D eigenvalue weighted by Crippen LogP contribution is -2.28. The fraction of sp³-hybridized carbons (Fsp3) is 0.417. The first kappa shape index (κ1) is 9.66. The monoisotopic (exact) mass is 217 g/mol. The van der Waals surface area contributed by atoms with E-state index < -0.39 is 0 Å². The number of hydrogen-bond donors (Lipinski definition) is 2. The molecule has 0 spiro atoms. The molecule has 84 valence electrons. The van der Waals surface area contributed by atoms with Gasteiger partial charge in [0.2, 0.25) is 0 Å². The number of nitrogens with one attached hydrogen (secondary N) is 2. The summed E-state index contributed by atoms with van der Waals surface area (Å²) >= 11 is 0. The molecule has 1 atom stereocenters. The summed E-state index contributed by atoms with van der Waals surface area (Å²) in [4.78, 5) is 14.9. The summed E-state index contributed by atoms with van der Waals surface area (Å²) in [6.07, 6.45) is 4.33. The Kier molecular flexibility index (Phi) is 2.29. The first-order valence-electron chi connectivity index (χ1n) is 5.75. The Hall–Kier alpha value is -1.55. The number of nitrogens with zero attached hydrogens (tertiary/aromatic N) is 1. The molecule has 3 rings (SSSR count). The van der Waals surface area contributed by atoms with Crippen LogP contribution in [-0.2, 0) is 0 Å². The summed E-state index contributed by atoms with van der Waals surface area (Å²) in [6, 6.07) is 5.31. The van der Waals surface area contributed by atoms with Crippen LogP contribution in [-0.4, -0.2) is 22.5 Å². The highest BCUT2D eigenvalue weighted by Crippen LogP contribution is 2.21. The Labute approximate surface area is 93.3 Å². The predicted octanol–water partition coefficient (Wildman–Crippen LogP) is 1.09. The van der Waals surface area contributed by atoms with Crippen LogP contribution in [0.3, 0.4) is 0 Å². The normalized spacial score (nSPS) is 21.4. The highest BCUT2D eigenvalue weighted by Gasteiger charge is 2.17. The topological polar surface area (TPSA) is 49.3 Å². The highest BCUT2D eigenvalue weighted by molar-refractivity contribution is 5.40. The fourth-order valence-electron chi connectivity index (χ4n) is 2.38. The maximum atomic E-state index is 11.6. The molecule has 0 amide bonds. The Morgan fingerprint density at radius 2 is 2.31 bits per heavy atom. The van der Waals surface area contributed by atoms with E-state index in [9.17, 15) is 4.79 Å². The van der Waals surface area contributed by atoms with Gasteiger partial charge in [-0.05, 0) is 25.5 Å². The van der Waals surface area contributed by atoms with Crippen LogP contribution in [0.2, 0.25) is 0 Å². The first-order chi connectivity index (χ1) is 7.84. The van der Waals surface area contributed by atoms with Gasteiger partial charge in [0.1, 0.15) is 5.65 Å². The van der Waals surface area contributed by atoms with E-state index in [0.29, 0.717) is 5.92 Å². The molecule has 2 aromatic rings. The maximum Gasteiger partial charge on any atom is 0.256 e. The van der Waals surface area contributed by atoms with Gasteiger partial charge in [-0.1, -0.05) is 6.07 Å². The van der Waals surface area contributed by atoms with Gasteiger partial charge in [-0.25, -0.2) is 0 Å². The van der Waals surface area contributed by atoms with Gasteiger partial charge in [-0.15, -0.1) is 0 Å². The molecular weight excluding hydrogens is 202 g/mol. The molecule has 1 aliphatic rings. The summed E-state index contributed by atoms with van der Waals surface area (Å²) in [5.41, 5.74) is 2.08. The van der Waals surface area contributed by atoms with E-state index in [1.54, 1.807) is 16.5 Å². The minimum atomic E-state index is 0.0313. The van der Waals surface area contributed by atoms with Gasteiger partial charge >= 0.3 is 0 Å². The summed E-state index contributed by atoms with van der Waals surface area (Å²) in [5, 5.41) is 3.38. The lowest BCUT2D eigenvalue weighted by molar-refractivity contribution is 0.456. The van der Waals surface area contributed by atoms with Crippen LogP contribution in [0.5, 0.6) is 0 Å². The molecule has 0 aliphatic carbocycles. The van der Waals surface area contributed by atoms with Gasteiger partial charge in [0.25, 0.3) is 5.56 Å². The van der Waals surface area contributed by atoms with Crippen molar-refractivity contribution in [3.8, 4) is 0 Å². The Balaban J connectivity index is 2.04. The number of fused-ring (bicyclic) bond motifs is 1. The third kappa shape index (κ3) is 1.55. The van der Waals surface area contributed by atoms with Crippen LogP contribution in [0, 0.1) is 0 Å². The number of pyridine rings is 1. The third-order valence-corrected chi connectivity index (χ3v) is 3.27. The van der Waals surface area contributed by atoms with Crippen molar-refractivity contribution in [2.24, 2.45) is 0 Å². The van der Waals surface area contributed by atoms with Crippen molar-refractivity contribution in [1.29, 1.82) is 0 Å². The number of rotatable bonds is 1. The summed E-state index contributed by atoms with van der Waals surface area (Å²) < 4.78 is 1.68. The summed E-state index contributed by atoms with van der Waals surface area (Å²) in [5.74, 6) is 0.507. The van der Waals surface area contributed by atoms with E-state index in [-0.39, 0.29) is 5.56 Å². The van der Waals surface area contributed by atoms with Crippen LogP contribution >= 0.6 is 0 Å². The molecule has 1 aliphatic heterocycles. The second-order valence-electron chi connectivity index (χ2n) is 4.37. The molecule has 4 heteroatoms. The van der Waals surface area contributed by atoms with Crippen molar-refractivity contribution in [3.05, 3.63) is 40.4 Å². The zero-order valence-electron chi connectivity index (χ0n) is 9.07. The Bertz CT molecular complexity index is 549. The van der Waals surface area contributed by atoms with Gasteiger partial charge in [0, 0.05) is 30.4 Å².